The van der Waals surface area contributed by atoms with E-state index in [1.54, 1.807) is 19.3 Å². The molecule has 4 heterocycles. The summed E-state index contributed by atoms with van der Waals surface area (Å²) in [6.45, 7) is 10.7. The van der Waals surface area contributed by atoms with Crippen LogP contribution in [-0.4, -0.2) is 49.0 Å². The molecule has 0 radical (unpaired) electrons. The first-order valence-corrected chi connectivity index (χ1v) is 12.0. The molecule has 1 atom stereocenters. The zero-order valence-electron chi connectivity index (χ0n) is 20.3. The lowest BCUT2D eigenvalue weighted by molar-refractivity contribution is 0.0595. The molecule has 186 valence electrons. The van der Waals surface area contributed by atoms with Crippen LogP contribution in [0.5, 0.6) is 0 Å². The number of aromatic nitrogens is 5. The Labute approximate surface area is 213 Å². The number of halogens is 2. The molecule has 3 aromatic rings. The van der Waals surface area contributed by atoms with Crippen LogP contribution >= 0.6 is 11.6 Å². The van der Waals surface area contributed by atoms with E-state index in [1.165, 1.54) is 12.2 Å². The molecule has 36 heavy (non-hydrogen) atoms. The summed E-state index contributed by atoms with van der Waals surface area (Å²) in [5.74, 6) is 1.48. The second-order valence-corrected chi connectivity index (χ2v) is 9.24. The predicted molar refractivity (Wildman–Crippen MR) is 136 cm³/mol. The van der Waals surface area contributed by atoms with E-state index < -0.39 is 0 Å². The van der Waals surface area contributed by atoms with Crippen molar-refractivity contribution in [2.24, 2.45) is 4.99 Å². The van der Waals surface area contributed by atoms with Gasteiger partial charge in [0.15, 0.2) is 11.6 Å². The predicted octanol–water partition coefficient (Wildman–Crippen LogP) is 5.20. The number of allylic oxidation sites excluding steroid dienone is 3. The third-order valence-electron chi connectivity index (χ3n) is 6.02. The summed E-state index contributed by atoms with van der Waals surface area (Å²) < 4.78 is 29.3. The molecule has 10 heteroatoms. The van der Waals surface area contributed by atoms with Crippen LogP contribution in [0.1, 0.15) is 38.0 Å². The third-order valence-corrected chi connectivity index (χ3v) is 6.26. The number of imidazole rings is 1. The van der Waals surface area contributed by atoms with E-state index in [0.29, 0.717) is 53.6 Å². The molecule has 2 aliphatic rings. The largest absolute Gasteiger partial charge is 0.474 e. The van der Waals surface area contributed by atoms with E-state index in [2.05, 4.69) is 21.8 Å². The number of ether oxygens (including phenoxy) is 2. The van der Waals surface area contributed by atoms with E-state index in [0.717, 1.165) is 16.9 Å². The Morgan fingerprint density at radius 3 is 2.94 bits per heavy atom. The molecule has 0 aliphatic carbocycles. The van der Waals surface area contributed by atoms with Crippen molar-refractivity contribution >= 4 is 17.5 Å². The first-order chi connectivity index (χ1) is 17.4. The molecule has 0 amide bonds. The second kappa shape index (κ2) is 9.83. The van der Waals surface area contributed by atoms with Crippen molar-refractivity contribution in [3.05, 3.63) is 83.0 Å². The van der Waals surface area contributed by atoms with Crippen molar-refractivity contribution in [3.8, 4) is 17.1 Å². The fourth-order valence-electron chi connectivity index (χ4n) is 4.09. The van der Waals surface area contributed by atoms with Crippen molar-refractivity contribution in [3.63, 3.8) is 0 Å². The number of fused-ring (bicyclic) bond motifs is 5. The zero-order chi connectivity index (χ0) is 25.4. The molecule has 2 aliphatic heterocycles. The van der Waals surface area contributed by atoms with Gasteiger partial charge in [0.1, 0.15) is 37.1 Å². The Kier molecular flexibility index (Phi) is 6.59. The fraction of sp³-hybridized carbons (Fsp3) is 0.308. The summed E-state index contributed by atoms with van der Waals surface area (Å²) >= 11 is 6.36. The summed E-state index contributed by atoms with van der Waals surface area (Å²) in [5, 5.41) is 9.47. The maximum atomic E-state index is 13.5. The van der Waals surface area contributed by atoms with Crippen molar-refractivity contribution in [1.82, 2.24) is 24.3 Å². The number of benzene rings is 1. The normalized spacial score (nSPS) is 17.0. The van der Waals surface area contributed by atoms with Crippen LogP contribution < -0.4 is 0 Å². The van der Waals surface area contributed by atoms with Gasteiger partial charge < -0.3 is 14.0 Å². The number of hydrogen-bond donors (Lipinski definition) is 0. The standard InChI is InChI=1S/C26H26ClFN6O2/c1-5-18(28)8-6-16(4)20-12-36-26(30-20)24-22-11-33-23(13-35-15(2)3)31-32-25(33)19-10-17(27)7-9-21(19)34(22)14-29-24/h5-10,14-15,20H,4,11-13H2,1-3H3/b8-6-,18-5+/t20-/m1/s1. The van der Waals surface area contributed by atoms with E-state index in [1.807, 2.05) is 41.2 Å². The van der Waals surface area contributed by atoms with Crippen LogP contribution in [0, 0.1) is 0 Å². The van der Waals surface area contributed by atoms with Gasteiger partial charge in [0.05, 0.1) is 24.0 Å². The molecule has 8 nitrogen and oxygen atoms in total. The van der Waals surface area contributed by atoms with Gasteiger partial charge in [-0.2, -0.15) is 0 Å². The minimum Gasteiger partial charge on any atom is -0.474 e. The molecule has 0 spiro atoms. The molecule has 2 aromatic heterocycles. The molecule has 0 saturated carbocycles. The first kappa shape index (κ1) is 24.1. The SMILES string of the molecule is C=C(/C=C\C(F)=C/C)[C@H]1COC(c2ncn3c2Cn2c(COC(C)C)nnc2-c2cc(Cl)ccc2-3)=N1. The molecule has 0 fully saturated rings. The molecule has 0 saturated heterocycles. The van der Waals surface area contributed by atoms with E-state index in [9.17, 15) is 4.39 Å². The average Bonchev–Trinajstić information content (AvgIpc) is 3.58. The summed E-state index contributed by atoms with van der Waals surface area (Å²) in [4.78, 5) is 9.37. The molecule has 0 N–H and O–H groups in total. The van der Waals surface area contributed by atoms with E-state index in [-0.39, 0.29) is 18.0 Å². The van der Waals surface area contributed by atoms with Gasteiger partial charge in [-0.25, -0.2) is 14.4 Å². The monoisotopic (exact) mass is 508 g/mol. The lowest BCUT2D eigenvalue weighted by Gasteiger charge is -2.11. The van der Waals surface area contributed by atoms with Crippen LogP contribution in [0.4, 0.5) is 4.39 Å². The van der Waals surface area contributed by atoms with Crippen LogP contribution in [0.2, 0.25) is 5.02 Å². The highest BCUT2D eigenvalue weighted by Crippen LogP contribution is 2.35. The Morgan fingerprint density at radius 1 is 1.33 bits per heavy atom. The summed E-state index contributed by atoms with van der Waals surface area (Å²) in [6.07, 6.45) is 6.17. The van der Waals surface area contributed by atoms with Gasteiger partial charge in [-0.15, -0.1) is 10.2 Å². The van der Waals surface area contributed by atoms with Crippen LogP contribution in [-0.2, 0) is 22.6 Å². The van der Waals surface area contributed by atoms with Gasteiger partial charge in [-0.05, 0) is 50.6 Å². The maximum absolute atomic E-state index is 13.5. The van der Waals surface area contributed by atoms with Gasteiger partial charge in [0.25, 0.3) is 0 Å². The number of nitrogens with zero attached hydrogens (tertiary/aromatic N) is 6. The van der Waals surface area contributed by atoms with Crippen LogP contribution in [0.25, 0.3) is 17.1 Å². The maximum Gasteiger partial charge on any atom is 0.238 e. The smallest absolute Gasteiger partial charge is 0.238 e. The lowest BCUT2D eigenvalue weighted by atomic mass is 10.1. The summed E-state index contributed by atoms with van der Waals surface area (Å²) in [7, 11) is 0. The number of rotatable bonds is 7. The summed E-state index contributed by atoms with van der Waals surface area (Å²) in [6, 6.07) is 5.32. The molecule has 5 rings (SSSR count). The van der Waals surface area contributed by atoms with Crippen molar-refractivity contribution in [2.45, 2.75) is 46.1 Å². The van der Waals surface area contributed by atoms with Crippen molar-refractivity contribution in [2.75, 3.05) is 6.61 Å². The molecular weight excluding hydrogens is 483 g/mol. The minimum absolute atomic E-state index is 0.0492. The highest BCUT2D eigenvalue weighted by molar-refractivity contribution is 6.31. The van der Waals surface area contributed by atoms with Gasteiger partial charge in [0.2, 0.25) is 5.90 Å². The van der Waals surface area contributed by atoms with Crippen LogP contribution in [0.3, 0.4) is 0 Å². The highest BCUT2D eigenvalue weighted by atomic mass is 35.5. The van der Waals surface area contributed by atoms with Gasteiger partial charge in [-0.3, -0.25) is 4.57 Å². The van der Waals surface area contributed by atoms with Crippen molar-refractivity contribution < 1.29 is 13.9 Å². The number of aliphatic imine (C=N–C) groups is 1. The van der Waals surface area contributed by atoms with Gasteiger partial charge in [-0.1, -0.05) is 30.3 Å². The Morgan fingerprint density at radius 2 is 2.17 bits per heavy atom. The summed E-state index contributed by atoms with van der Waals surface area (Å²) in [5.41, 5.74) is 3.85. The topological polar surface area (TPSA) is 79.4 Å². The Bertz CT molecular complexity index is 1420. The number of hydrogen-bond acceptors (Lipinski definition) is 6. The lowest BCUT2D eigenvalue weighted by Crippen LogP contribution is -2.14. The first-order valence-electron chi connectivity index (χ1n) is 11.7. The van der Waals surface area contributed by atoms with Gasteiger partial charge in [0, 0.05) is 10.6 Å². The molecular formula is C26H26ClFN6O2. The van der Waals surface area contributed by atoms with Crippen LogP contribution in [0.15, 0.2) is 65.7 Å². The highest BCUT2D eigenvalue weighted by Gasteiger charge is 2.31. The minimum atomic E-state index is -0.334. The van der Waals surface area contributed by atoms with E-state index in [4.69, 9.17) is 26.1 Å². The second-order valence-electron chi connectivity index (χ2n) is 8.80. The average molecular weight is 509 g/mol. The fourth-order valence-corrected chi connectivity index (χ4v) is 4.27. The Hall–Kier alpha value is -3.56. The zero-order valence-corrected chi connectivity index (χ0v) is 21.0. The quantitative estimate of drug-likeness (QED) is 0.320. The Balaban J connectivity index is 1.55. The van der Waals surface area contributed by atoms with Gasteiger partial charge >= 0.3 is 0 Å². The molecule has 1 aromatic carbocycles. The van der Waals surface area contributed by atoms with E-state index >= 15 is 0 Å². The molecule has 0 bridgehead atoms. The third kappa shape index (κ3) is 4.52. The molecule has 0 unspecified atom stereocenters. The van der Waals surface area contributed by atoms with Crippen molar-refractivity contribution in [1.29, 1.82) is 0 Å².